The molecule has 2 saturated heterocycles. The first kappa shape index (κ1) is 19.0. The van der Waals surface area contributed by atoms with Gasteiger partial charge in [0.25, 0.3) is 5.91 Å². The van der Waals surface area contributed by atoms with E-state index in [0.29, 0.717) is 30.5 Å². The zero-order valence-corrected chi connectivity index (χ0v) is 17.0. The highest BCUT2D eigenvalue weighted by atomic mass is 16.5. The van der Waals surface area contributed by atoms with Gasteiger partial charge in [0.15, 0.2) is 0 Å². The van der Waals surface area contributed by atoms with Crippen molar-refractivity contribution in [3.8, 4) is 11.4 Å². The topological polar surface area (TPSA) is 92.6 Å². The third-order valence-electron chi connectivity index (χ3n) is 5.69. The highest BCUT2D eigenvalue weighted by Gasteiger charge is 2.35. The fraction of sp³-hybridized carbons (Fsp3) is 0.409. The van der Waals surface area contributed by atoms with Crippen molar-refractivity contribution in [2.75, 3.05) is 31.6 Å². The Morgan fingerprint density at radius 2 is 2.23 bits per heavy atom. The van der Waals surface area contributed by atoms with Crippen molar-refractivity contribution in [1.29, 1.82) is 0 Å². The minimum absolute atomic E-state index is 0.113. The van der Waals surface area contributed by atoms with Gasteiger partial charge in [0.05, 0.1) is 36.3 Å². The Morgan fingerprint density at radius 3 is 3.00 bits per heavy atom. The van der Waals surface area contributed by atoms with Crippen molar-refractivity contribution in [2.24, 2.45) is 0 Å². The summed E-state index contributed by atoms with van der Waals surface area (Å²) in [5.41, 5.74) is 2.74. The maximum Gasteiger partial charge on any atom is 0.252 e. The van der Waals surface area contributed by atoms with E-state index in [1.165, 1.54) is 6.42 Å². The second-order valence-corrected chi connectivity index (χ2v) is 8.39. The number of carbonyl (C=O) groups excluding carboxylic acids is 1. The SMILES string of the molecule is CC1(NC(=O)c2ccn3c(-c4cccc(NC5CCCNC5)n4)cnc3c2)COC1. The number of anilines is 1. The fourth-order valence-corrected chi connectivity index (χ4v) is 3.98. The van der Waals surface area contributed by atoms with Crippen LogP contribution in [0.5, 0.6) is 0 Å². The van der Waals surface area contributed by atoms with Crippen LogP contribution in [0.15, 0.2) is 42.7 Å². The van der Waals surface area contributed by atoms with E-state index < -0.39 is 0 Å². The van der Waals surface area contributed by atoms with Crippen molar-refractivity contribution in [3.63, 3.8) is 0 Å². The van der Waals surface area contributed by atoms with Crippen LogP contribution < -0.4 is 16.0 Å². The molecule has 1 amide bonds. The van der Waals surface area contributed by atoms with E-state index in [-0.39, 0.29) is 11.4 Å². The molecule has 0 aromatic carbocycles. The number of aromatic nitrogens is 3. The molecule has 2 fully saturated rings. The van der Waals surface area contributed by atoms with Gasteiger partial charge in [-0.25, -0.2) is 9.97 Å². The number of hydrogen-bond donors (Lipinski definition) is 3. The summed E-state index contributed by atoms with van der Waals surface area (Å²) in [7, 11) is 0. The predicted octanol–water partition coefficient (Wildman–Crippen LogP) is 2.08. The summed E-state index contributed by atoms with van der Waals surface area (Å²) in [5.74, 6) is 0.751. The lowest BCUT2D eigenvalue weighted by atomic mass is 10.00. The maximum atomic E-state index is 12.6. The molecule has 30 heavy (non-hydrogen) atoms. The molecule has 8 heteroatoms. The summed E-state index contributed by atoms with van der Waals surface area (Å²) >= 11 is 0. The third-order valence-corrected chi connectivity index (χ3v) is 5.69. The number of pyridine rings is 2. The first-order valence-corrected chi connectivity index (χ1v) is 10.4. The summed E-state index contributed by atoms with van der Waals surface area (Å²) in [4.78, 5) is 21.9. The van der Waals surface area contributed by atoms with Gasteiger partial charge in [0.2, 0.25) is 0 Å². The molecular weight excluding hydrogens is 380 g/mol. The second-order valence-electron chi connectivity index (χ2n) is 8.39. The van der Waals surface area contributed by atoms with Crippen molar-refractivity contribution in [3.05, 3.63) is 48.3 Å². The van der Waals surface area contributed by atoms with Gasteiger partial charge in [-0.15, -0.1) is 0 Å². The summed E-state index contributed by atoms with van der Waals surface area (Å²) in [6.07, 6.45) is 5.99. The van der Waals surface area contributed by atoms with Gasteiger partial charge in [-0.1, -0.05) is 6.07 Å². The summed E-state index contributed by atoms with van der Waals surface area (Å²) in [5, 5.41) is 9.97. The van der Waals surface area contributed by atoms with Crippen LogP contribution in [0.2, 0.25) is 0 Å². The minimum Gasteiger partial charge on any atom is -0.376 e. The molecule has 156 valence electrons. The van der Waals surface area contributed by atoms with E-state index in [1.54, 1.807) is 12.3 Å². The number of amides is 1. The Labute approximate surface area is 175 Å². The smallest absolute Gasteiger partial charge is 0.252 e. The summed E-state index contributed by atoms with van der Waals surface area (Å²) in [6.45, 7) is 5.11. The Bertz CT molecular complexity index is 1070. The number of ether oxygens (including phenoxy) is 1. The molecule has 5 heterocycles. The van der Waals surface area contributed by atoms with Crippen LogP contribution >= 0.6 is 0 Å². The van der Waals surface area contributed by atoms with Crippen LogP contribution in [0, 0.1) is 0 Å². The largest absolute Gasteiger partial charge is 0.376 e. The quantitative estimate of drug-likeness (QED) is 0.601. The number of piperidine rings is 1. The monoisotopic (exact) mass is 406 g/mol. The summed E-state index contributed by atoms with van der Waals surface area (Å²) < 4.78 is 7.17. The molecular formula is C22H26N6O2. The predicted molar refractivity (Wildman–Crippen MR) is 115 cm³/mol. The van der Waals surface area contributed by atoms with Gasteiger partial charge in [0, 0.05) is 24.3 Å². The molecule has 0 bridgehead atoms. The molecule has 0 aliphatic carbocycles. The van der Waals surface area contributed by atoms with Gasteiger partial charge in [0.1, 0.15) is 11.5 Å². The zero-order valence-electron chi connectivity index (χ0n) is 17.0. The molecule has 0 spiro atoms. The van der Waals surface area contributed by atoms with Crippen molar-refractivity contribution >= 4 is 17.4 Å². The van der Waals surface area contributed by atoms with E-state index in [0.717, 1.165) is 36.7 Å². The van der Waals surface area contributed by atoms with Gasteiger partial charge in [-0.3, -0.25) is 9.20 Å². The van der Waals surface area contributed by atoms with E-state index in [4.69, 9.17) is 9.72 Å². The molecule has 3 aromatic rings. The maximum absolute atomic E-state index is 12.6. The highest BCUT2D eigenvalue weighted by molar-refractivity contribution is 5.95. The van der Waals surface area contributed by atoms with Crippen molar-refractivity contribution in [2.45, 2.75) is 31.3 Å². The average Bonchev–Trinajstić information content (AvgIpc) is 3.17. The van der Waals surface area contributed by atoms with E-state index in [9.17, 15) is 4.79 Å². The molecule has 1 unspecified atom stereocenters. The molecule has 0 saturated carbocycles. The Hall–Kier alpha value is -2.97. The van der Waals surface area contributed by atoms with Crippen LogP contribution in [0.25, 0.3) is 17.0 Å². The number of hydrogen-bond acceptors (Lipinski definition) is 6. The van der Waals surface area contributed by atoms with Crippen LogP contribution in [0.4, 0.5) is 5.82 Å². The van der Waals surface area contributed by atoms with Crippen LogP contribution in [0.3, 0.4) is 0 Å². The fourth-order valence-electron chi connectivity index (χ4n) is 3.98. The third kappa shape index (κ3) is 3.76. The van der Waals surface area contributed by atoms with Gasteiger partial charge < -0.3 is 20.7 Å². The number of carbonyl (C=O) groups is 1. The first-order valence-electron chi connectivity index (χ1n) is 10.4. The summed E-state index contributed by atoms with van der Waals surface area (Å²) in [6, 6.07) is 9.99. The lowest BCUT2D eigenvalue weighted by Crippen LogP contribution is -2.59. The van der Waals surface area contributed by atoms with Crippen LogP contribution in [-0.2, 0) is 4.74 Å². The molecule has 2 aliphatic heterocycles. The Morgan fingerprint density at radius 1 is 1.33 bits per heavy atom. The Kier molecular flexibility index (Phi) is 4.88. The number of fused-ring (bicyclic) bond motifs is 1. The number of nitrogens with zero attached hydrogens (tertiary/aromatic N) is 3. The molecule has 5 rings (SSSR count). The lowest BCUT2D eigenvalue weighted by Gasteiger charge is -2.38. The van der Waals surface area contributed by atoms with E-state index in [1.807, 2.05) is 41.8 Å². The molecule has 8 nitrogen and oxygen atoms in total. The van der Waals surface area contributed by atoms with Crippen LogP contribution in [0.1, 0.15) is 30.1 Å². The van der Waals surface area contributed by atoms with Gasteiger partial charge in [-0.2, -0.15) is 0 Å². The van der Waals surface area contributed by atoms with Crippen molar-refractivity contribution < 1.29 is 9.53 Å². The second kappa shape index (κ2) is 7.70. The van der Waals surface area contributed by atoms with E-state index in [2.05, 4.69) is 20.9 Å². The normalized spacial score (nSPS) is 20.5. The zero-order chi connectivity index (χ0) is 20.6. The minimum atomic E-state index is -0.283. The number of nitrogens with one attached hydrogen (secondary N) is 3. The molecule has 1 atom stereocenters. The Balaban J connectivity index is 1.37. The number of imidazole rings is 1. The molecule has 3 N–H and O–H groups in total. The lowest BCUT2D eigenvalue weighted by molar-refractivity contribution is -0.0593. The molecule has 3 aromatic heterocycles. The van der Waals surface area contributed by atoms with E-state index >= 15 is 0 Å². The van der Waals surface area contributed by atoms with Gasteiger partial charge >= 0.3 is 0 Å². The first-order chi connectivity index (χ1) is 14.6. The molecule has 2 aliphatic rings. The van der Waals surface area contributed by atoms with Gasteiger partial charge in [-0.05, 0) is 50.6 Å². The number of rotatable bonds is 5. The highest BCUT2D eigenvalue weighted by Crippen LogP contribution is 2.22. The van der Waals surface area contributed by atoms with Crippen molar-refractivity contribution in [1.82, 2.24) is 25.0 Å². The molecule has 0 radical (unpaired) electrons. The standard InChI is InChI=1S/C22H26N6O2/c1-22(13-30-14-22)27-21(29)15-7-9-28-18(12-24-20(28)10-15)17-5-2-6-19(26-17)25-16-4-3-8-23-11-16/h2,5-7,9-10,12,16,23H,3-4,8,11,13-14H2,1H3,(H,25,26)(H,27,29). The van der Waals surface area contributed by atoms with Crippen LogP contribution in [-0.4, -0.2) is 58.2 Å². The average molecular weight is 406 g/mol.